The fourth-order valence-corrected chi connectivity index (χ4v) is 5.04. The Morgan fingerprint density at radius 2 is 1.94 bits per heavy atom. The molecule has 1 saturated heterocycles. The summed E-state index contributed by atoms with van der Waals surface area (Å²) in [6, 6.07) is 8.78. The van der Waals surface area contributed by atoms with Gasteiger partial charge in [-0.25, -0.2) is 4.68 Å². The zero-order valence-corrected chi connectivity index (χ0v) is 20.7. The molecule has 194 valence electrons. The maximum absolute atomic E-state index is 12.0. The molecule has 14 heteroatoms. The van der Waals surface area contributed by atoms with E-state index >= 15 is 0 Å². The van der Waals surface area contributed by atoms with Gasteiger partial charge in [0.05, 0.1) is 18.2 Å². The summed E-state index contributed by atoms with van der Waals surface area (Å²) in [7, 11) is -4.63. The van der Waals surface area contributed by atoms with Gasteiger partial charge in [-0.2, -0.15) is 15.1 Å². The summed E-state index contributed by atoms with van der Waals surface area (Å²) >= 11 is 6.13. The minimum absolute atomic E-state index is 0.0131. The van der Waals surface area contributed by atoms with E-state index in [1.807, 2.05) is 0 Å². The van der Waals surface area contributed by atoms with Gasteiger partial charge in [-0.15, -0.1) is 0 Å². The van der Waals surface area contributed by atoms with Crippen LogP contribution in [0.25, 0.3) is 11.0 Å². The third-order valence-electron chi connectivity index (χ3n) is 6.34. The van der Waals surface area contributed by atoms with Gasteiger partial charge in [0.2, 0.25) is 5.28 Å². The number of benzene rings is 1. The van der Waals surface area contributed by atoms with E-state index in [9.17, 15) is 24.6 Å². The number of aromatic nitrogens is 4. The standard InChI is InChI=1S/C22H27ClN5O7P/c23-22-26-19(24-9-13-6-7-13)14-10-25-28(20(14)27-22)21-18(30)17(29)15(35-21)11-34-16(36(31,32)33)8-12-4-2-1-3-5-12/h1-5,10,13,15-18,21,29-30H,6-9,11H2,(H,24,26,27)(H2,31,32,33)/t15-,16+,17-,18-,21-/m1/s1. The summed E-state index contributed by atoms with van der Waals surface area (Å²) in [5.74, 6) is -0.330. The van der Waals surface area contributed by atoms with Crippen LogP contribution in [0.2, 0.25) is 5.28 Å². The minimum Gasteiger partial charge on any atom is -0.387 e. The molecule has 0 unspecified atom stereocenters. The van der Waals surface area contributed by atoms with Crippen LogP contribution >= 0.6 is 19.2 Å². The van der Waals surface area contributed by atoms with Crippen molar-refractivity contribution in [1.82, 2.24) is 19.7 Å². The zero-order valence-electron chi connectivity index (χ0n) is 19.1. The lowest BCUT2D eigenvalue weighted by Crippen LogP contribution is -2.35. The summed E-state index contributed by atoms with van der Waals surface area (Å²) in [6.45, 7) is 0.387. The first kappa shape index (κ1) is 25.5. The fourth-order valence-electron chi connectivity index (χ4n) is 4.15. The van der Waals surface area contributed by atoms with Crippen molar-refractivity contribution < 1.29 is 34.0 Å². The number of ether oxygens (including phenoxy) is 2. The highest BCUT2D eigenvalue weighted by molar-refractivity contribution is 7.52. The van der Waals surface area contributed by atoms with E-state index < -0.39 is 38.0 Å². The van der Waals surface area contributed by atoms with E-state index in [1.165, 1.54) is 10.9 Å². The Labute approximate surface area is 211 Å². The first-order valence-corrected chi connectivity index (χ1v) is 13.6. The molecule has 5 rings (SSSR count). The maximum atomic E-state index is 12.0. The Balaban J connectivity index is 1.31. The molecule has 1 aliphatic heterocycles. The molecule has 2 fully saturated rings. The molecule has 5 N–H and O–H groups in total. The lowest BCUT2D eigenvalue weighted by Gasteiger charge is -2.22. The molecule has 12 nitrogen and oxygen atoms in total. The van der Waals surface area contributed by atoms with Crippen LogP contribution < -0.4 is 5.32 Å². The fraction of sp³-hybridized carbons (Fsp3) is 0.500. The molecule has 1 aromatic carbocycles. The van der Waals surface area contributed by atoms with Crippen LogP contribution in [-0.2, 0) is 20.5 Å². The molecule has 2 aliphatic rings. The summed E-state index contributed by atoms with van der Waals surface area (Å²) in [5, 5.41) is 29.4. The molecule has 5 atom stereocenters. The molecular formula is C22H27ClN5O7P. The van der Waals surface area contributed by atoms with Crippen LogP contribution in [0.15, 0.2) is 36.5 Å². The quantitative estimate of drug-likeness (QED) is 0.187. The second kappa shape index (κ2) is 10.3. The molecule has 0 bridgehead atoms. The average molecular weight is 540 g/mol. The normalized spacial score (nSPS) is 25.4. The predicted octanol–water partition coefficient (Wildman–Crippen LogP) is 1.68. The first-order chi connectivity index (χ1) is 17.2. The number of fused-ring (bicyclic) bond motifs is 1. The van der Waals surface area contributed by atoms with Crippen molar-refractivity contribution >= 4 is 36.0 Å². The topological polar surface area (TPSA) is 172 Å². The van der Waals surface area contributed by atoms with Gasteiger partial charge in [0.1, 0.15) is 24.1 Å². The second-order valence-corrected chi connectivity index (χ2v) is 11.2. The highest BCUT2D eigenvalue weighted by Crippen LogP contribution is 2.44. The van der Waals surface area contributed by atoms with Gasteiger partial charge in [-0.1, -0.05) is 30.3 Å². The molecule has 3 aromatic rings. The van der Waals surface area contributed by atoms with Crippen molar-refractivity contribution in [3.63, 3.8) is 0 Å². The summed E-state index contributed by atoms with van der Waals surface area (Å²) in [6.07, 6.45) is -1.19. The van der Waals surface area contributed by atoms with Crippen molar-refractivity contribution in [2.45, 2.75) is 49.6 Å². The highest BCUT2D eigenvalue weighted by atomic mass is 35.5. The van der Waals surface area contributed by atoms with Crippen molar-refractivity contribution in [2.75, 3.05) is 18.5 Å². The van der Waals surface area contributed by atoms with Crippen molar-refractivity contribution in [3.8, 4) is 0 Å². The van der Waals surface area contributed by atoms with Gasteiger partial charge in [-0.05, 0) is 35.9 Å². The molecule has 2 aromatic heterocycles. The van der Waals surface area contributed by atoms with Crippen LogP contribution in [0.4, 0.5) is 5.82 Å². The number of nitrogens with one attached hydrogen (secondary N) is 1. The number of hydrogen-bond donors (Lipinski definition) is 5. The van der Waals surface area contributed by atoms with E-state index in [-0.39, 0.29) is 18.3 Å². The molecule has 0 spiro atoms. The van der Waals surface area contributed by atoms with Crippen LogP contribution in [0.1, 0.15) is 24.6 Å². The first-order valence-electron chi connectivity index (χ1n) is 11.6. The van der Waals surface area contributed by atoms with Gasteiger partial charge < -0.3 is 34.8 Å². The lowest BCUT2D eigenvalue weighted by atomic mass is 10.1. The number of hydrogen-bond acceptors (Lipinski definition) is 9. The van der Waals surface area contributed by atoms with E-state index in [0.717, 1.165) is 19.4 Å². The van der Waals surface area contributed by atoms with E-state index in [0.29, 0.717) is 28.3 Å². The lowest BCUT2D eigenvalue weighted by molar-refractivity contribution is -0.0759. The van der Waals surface area contributed by atoms with Gasteiger partial charge >= 0.3 is 7.60 Å². The number of halogens is 1. The van der Waals surface area contributed by atoms with Gasteiger partial charge in [0.15, 0.2) is 17.7 Å². The Hall–Kier alpha value is -2.15. The molecule has 1 saturated carbocycles. The zero-order chi connectivity index (χ0) is 25.4. The van der Waals surface area contributed by atoms with E-state index in [2.05, 4.69) is 20.4 Å². The minimum atomic E-state index is -4.63. The van der Waals surface area contributed by atoms with Crippen molar-refractivity contribution in [2.24, 2.45) is 5.92 Å². The van der Waals surface area contributed by atoms with Crippen molar-refractivity contribution in [3.05, 3.63) is 47.4 Å². The predicted molar refractivity (Wildman–Crippen MR) is 129 cm³/mol. The molecule has 1 aliphatic carbocycles. The molecule has 36 heavy (non-hydrogen) atoms. The van der Waals surface area contributed by atoms with Crippen LogP contribution in [0.5, 0.6) is 0 Å². The molecule has 0 amide bonds. The van der Waals surface area contributed by atoms with Gasteiger partial charge in [-0.3, -0.25) is 4.57 Å². The average Bonchev–Trinajstić information content (AvgIpc) is 3.52. The van der Waals surface area contributed by atoms with Crippen LogP contribution in [0.3, 0.4) is 0 Å². The van der Waals surface area contributed by atoms with Crippen molar-refractivity contribution in [1.29, 1.82) is 0 Å². The van der Waals surface area contributed by atoms with Crippen LogP contribution in [0, 0.1) is 5.92 Å². The third-order valence-corrected chi connectivity index (χ3v) is 7.59. The van der Waals surface area contributed by atoms with E-state index in [4.69, 9.17) is 21.1 Å². The summed E-state index contributed by atoms with van der Waals surface area (Å²) in [5.41, 5.74) is 0.991. The molecule has 3 heterocycles. The Bertz CT molecular complexity index is 1250. The number of anilines is 1. The third kappa shape index (κ3) is 5.56. The highest BCUT2D eigenvalue weighted by Gasteiger charge is 2.46. The summed E-state index contributed by atoms with van der Waals surface area (Å²) in [4.78, 5) is 28.0. The number of nitrogens with zero attached hydrogens (tertiary/aromatic N) is 4. The largest absolute Gasteiger partial charge is 0.387 e. The van der Waals surface area contributed by atoms with Gasteiger partial charge in [0, 0.05) is 13.0 Å². The Morgan fingerprint density at radius 3 is 2.64 bits per heavy atom. The molecular weight excluding hydrogens is 513 g/mol. The number of rotatable bonds is 10. The Kier molecular flexibility index (Phi) is 7.30. The summed E-state index contributed by atoms with van der Waals surface area (Å²) < 4.78 is 24.7. The monoisotopic (exact) mass is 539 g/mol. The maximum Gasteiger partial charge on any atom is 0.354 e. The van der Waals surface area contributed by atoms with Gasteiger partial charge in [0.25, 0.3) is 0 Å². The van der Waals surface area contributed by atoms with E-state index in [1.54, 1.807) is 30.3 Å². The Morgan fingerprint density at radius 1 is 1.19 bits per heavy atom. The SMILES string of the molecule is O=P(O)(O)[C@@H](Cc1ccccc1)OC[C@H]1O[C@@H](n2ncc3c(NCC4CC4)nc(Cl)nc32)[C@H](O)[C@@H]1O. The second-order valence-electron chi connectivity index (χ2n) is 9.11. The van der Waals surface area contributed by atoms with Crippen LogP contribution in [-0.4, -0.2) is 77.1 Å². The molecule has 0 radical (unpaired) electrons. The smallest absolute Gasteiger partial charge is 0.354 e. The number of aliphatic hydroxyl groups excluding tert-OH is 2. The number of aliphatic hydroxyl groups is 2.